The predicted octanol–water partition coefficient (Wildman–Crippen LogP) is 0.486. The third-order valence-electron chi connectivity index (χ3n) is 2.41. The van der Waals surface area contributed by atoms with Crippen LogP contribution in [0.3, 0.4) is 0 Å². The van der Waals surface area contributed by atoms with E-state index >= 15 is 0 Å². The maximum absolute atomic E-state index is 10.9. The van der Waals surface area contributed by atoms with Crippen molar-refractivity contribution in [2.24, 2.45) is 5.73 Å². The van der Waals surface area contributed by atoms with Gasteiger partial charge in [0.25, 0.3) is 5.91 Å². The van der Waals surface area contributed by atoms with E-state index in [1.54, 1.807) is 12.1 Å². The van der Waals surface area contributed by atoms with Crippen molar-refractivity contribution in [1.29, 1.82) is 0 Å². The lowest BCUT2D eigenvalue weighted by Crippen LogP contribution is -2.16. The molecule has 0 bridgehead atoms. The average Bonchev–Trinajstić information content (AvgIpc) is 2.79. The van der Waals surface area contributed by atoms with Gasteiger partial charge in [0, 0.05) is 6.61 Å². The lowest BCUT2D eigenvalue weighted by atomic mass is 10.3. The smallest absolute Gasteiger partial charge is 0.267 e. The summed E-state index contributed by atoms with van der Waals surface area (Å²) in [6.07, 6.45) is 1.05. The highest BCUT2D eigenvalue weighted by Crippen LogP contribution is 2.10. The van der Waals surface area contributed by atoms with Crippen molar-refractivity contribution in [2.75, 3.05) is 13.2 Å². The minimum Gasteiger partial charge on any atom is -0.379 e. The monoisotopic (exact) mass is 222 g/mol. The molecule has 1 saturated heterocycles. The van der Waals surface area contributed by atoms with Gasteiger partial charge in [-0.1, -0.05) is 6.07 Å². The van der Waals surface area contributed by atoms with Crippen molar-refractivity contribution in [3.63, 3.8) is 0 Å². The van der Waals surface area contributed by atoms with Crippen LogP contribution in [0.15, 0.2) is 18.2 Å². The molecular weight excluding hydrogens is 208 g/mol. The van der Waals surface area contributed by atoms with Gasteiger partial charge in [0.05, 0.1) is 25.0 Å². The Kier molecular flexibility index (Phi) is 3.48. The first kappa shape index (κ1) is 11.0. The number of hydrogen-bond donors (Lipinski definition) is 1. The number of ether oxygens (including phenoxy) is 2. The number of primary amides is 1. The molecule has 0 aliphatic carbocycles. The fourth-order valence-corrected chi connectivity index (χ4v) is 1.54. The van der Waals surface area contributed by atoms with E-state index in [-0.39, 0.29) is 11.8 Å². The third kappa shape index (κ3) is 2.77. The molecule has 1 atom stereocenters. The summed E-state index contributed by atoms with van der Waals surface area (Å²) in [4.78, 5) is 15.0. The molecule has 0 unspecified atom stereocenters. The largest absolute Gasteiger partial charge is 0.379 e. The highest BCUT2D eigenvalue weighted by atomic mass is 16.5. The van der Waals surface area contributed by atoms with Gasteiger partial charge < -0.3 is 15.2 Å². The highest BCUT2D eigenvalue weighted by molar-refractivity contribution is 5.90. The molecule has 0 radical (unpaired) electrons. The number of hydrogen-bond acceptors (Lipinski definition) is 4. The van der Waals surface area contributed by atoms with E-state index < -0.39 is 5.91 Å². The number of amides is 1. The van der Waals surface area contributed by atoms with E-state index in [1.165, 1.54) is 0 Å². The first-order valence-electron chi connectivity index (χ1n) is 5.21. The van der Waals surface area contributed by atoms with E-state index in [4.69, 9.17) is 15.2 Å². The van der Waals surface area contributed by atoms with Gasteiger partial charge in [-0.15, -0.1) is 0 Å². The number of carbonyl (C=O) groups excluding carboxylic acids is 1. The lowest BCUT2D eigenvalue weighted by molar-refractivity contribution is 0.0301. The van der Waals surface area contributed by atoms with E-state index in [0.717, 1.165) is 13.0 Å². The fourth-order valence-electron chi connectivity index (χ4n) is 1.54. The van der Waals surface area contributed by atoms with Crippen LogP contribution < -0.4 is 5.73 Å². The fraction of sp³-hybridized carbons (Fsp3) is 0.455. The van der Waals surface area contributed by atoms with Crippen LogP contribution in [0.1, 0.15) is 22.6 Å². The second kappa shape index (κ2) is 5.05. The van der Waals surface area contributed by atoms with Crippen LogP contribution in [0.5, 0.6) is 0 Å². The van der Waals surface area contributed by atoms with Crippen molar-refractivity contribution in [3.8, 4) is 0 Å². The summed E-state index contributed by atoms with van der Waals surface area (Å²) in [7, 11) is 0. The van der Waals surface area contributed by atoms with Crippen molar-refractivity contribution >= 4 is 5.91 Å². The van der Waals surface area contributed by atoms with Gasteiger partial charge in [0.15, 0.2) is 0 Å². The number of aromatic nitrogens is 1. The average molecular weight is 222 g/mol. The number of pyridine rings is 1. The molecule has 1 fully saturated rings. The molecule has 0 saturated carbocycles. The Balaban J connectivity index is 1.93. The van der Waals surface area contributed by atoms with Crippen LogP contribution >= 0.6 is 0 Å². The molecule has 5 nitrogen and oxygen atoms in total. The van der Waals surface area contributed by atoms with Gasteiger partial charge in [-0.05, 0) is 18.6 Å². The summed E-state index contributed by atoms with van der Waals surface area (Å²) in [5.41, 5.74) is 6.12. The van der Waals surface area contributed by atoms with Crippen LogP contribution in [-0.2, 0) is 16.1 Å². The Labute approximate surface area is 93.6 Å². The normalized spacial score (nSPS) is 19.9. The topological polar surface area (TPSA) is 74.4 Å². The molecule has 1 aromatic rings. The molecule has 1 aliphatic heterocycles. The first-order valence-corrected chi connectivity index (χ1v) is 5.21. The summed E-state index contributed by atoms with van der Waals surface area (Å²) < 4.78 is 10.8. The van der Waals surface area contributed by atoms with Gasteiger partial charge >= 0.3 is 0 Å². The van der Waals surface area contributed by atoms with Crippen molar-refractivity contribution in [2.45, 2.75) is 19.1 Å². The number of nitrogens with zero attached hydrogens (tertiary/aromatic N) is 1. The molecule has 86 valence electrons. The second-order valence-corrected chi connectivity index (χ2v) is 3.68. The van der Waals surface area contributed by atoms with Gasteiger partial charge in [0.2, 0.25) is 0 Å². The Morgan fingerprint density at radius 1 is 1.62 bits per heavy atom. The van der Waals surface area contributed by atoms with Crippen molar-refractivity contribution in [1.82, 2.24) is 4.98 Å². The summed E-state index contributed by atoms with van der Waals surface area (Å²) in [5, 5.41) is 0. The summed E-state index contributed by atoms with van der Waals surface area (Å²) in [6, 6.07) is 5.14. The zero-order valence-electron chi connectivity index (χ0n) is 8.89. The molecule has 1 aromatic heterocycles. The maximum atomic E-state index is 10.9. The molecule has 5 heteroatoms. The molecule has 16 heavy (non-hydrogen) atoms. The molecule has 1 aliphatic rings. The Bertz CT molecular complexity index is 375. The van der Waals surface area contributed by atoms with E-state index in [9.17, 15) is 4.79 Å². The van der Waals surface area contributed by atoms with Crippen LogP contribution in [0.25, 0.3) is 0 Å². The lowest BCUT2D eigenvalue weighted by Gasteiger charge is -2.09. The third-order valence-corrected chi connectivity index (χ3v) is 2.41. The van der Waals surface area contributed by atoms with E-state index in [0.29, 0.717) is 18.9 Å². The Hall–Kier alpha value is -1.46. The molecular formula is C11H14N2O3. The van der Waals surface area contributed by atoms with Crippen molar-refractivity contribution in [3.05, 3.63) is 29.6 Å². The molecule has 2 rings (SSSR count). The summed E-state index contributed by atoms with van der Waals surface area (Å²) >= 11 is 0. The summed E-state index contributed by atoms with van der Waals surface area (Å²) in [6.45, 7) is 1.77. The van der Waals surface area contributed by atoms with Crippen molar-refractivity contribution < 1.29 is 14.3 Å². The Morgan fingerprint density at radius 2 is 2.50 bits per heavy atom. The minimum absolute atomic E-state index is 0.138. The summed E-state index contributed by atoms with van der Waals surface area (Å²) in [5.74, 6) is -0.522. The van der Waals surface area contributed by atoms with Gasteiger partial charge in [0.1, 0.15) is 5.69 Å². The standard InChI is InChI=1S/C11H14N2O3/c12-11(14)10-3-1-2-8(13-10)6-16-9-4-5-15-7-9/h1-3,9H,4-7H2,(H2,12,14)/t9-/m0/s1. The second-order valence-electron chi connectivity index (χ2n) is 3.68. The SMILES string of the molecule is NC(=O)c1cccc(CO[C@H]2CCOC2)n1. The van der Waals surface area contributed by atoms with Crippen LogP contribution in [-0.4, -0.2) is 30.2 Å². The number of carbonyl (C=O) groups is 1. The first-order chi connectivity index (χ1) is 7.75. The molecule has 1 amide bonds. The van der Waals surface area contributed by atoms with Crippen LogP contribution in [0, 0.1) is 0 Å². The Morgan fingerprint density at radius 3 is 3.19 bits per heavy atom. The highest BCUT2D eigenvalue weighted by Gasteiger charge is 2.16. The van der Waals surface area contributed by atoms with Gasteiger partial charge in [-0.25, -0.2) is 4.98 Å². The predicted molar refractivity (Wildman–Crippen MR) is 56.8 cm³/mol. The number of nitrogens with two attached hydrogens (primary N) is 1. The maximum Gasteiger partial charge on any atom is 0.267 e. The quantitative estimate of drug-likeness (QED) is 0.804. The molecule has 0 spiro atoms. The molecule has 2 heterocycles. The van der Waals surface area contributed by atoms with Crippen LogP contribution in [0.4, 0.5) is 0 Å². The zero-order chi connectivity index (χ0) is 11.4. The number of rotatable bonds is 4. The van der Waals surface area contributed by atoms with Gasteiger partial charge in [-0.3, -0.25) is 4.79 Å². The molecule has 0 aromatic carbocycles. The van der Waals surface area contributed by atoms with E-state index in [2.05, 4.69) is 4.98 Å². The zero-order valence-corrected chi connectivity index (χ0v) is 8.89. The molecule has 2 N–H and O–H groups in total. The minimum atomic E-state index is -0.522. The van der Waals surface area contributed by atoms with E-state index in [1.807, 2.05) is 6.07 Å². The van der Waals surface area contributed by atoms with Crippen LogP contribution in [0.2, 0.25) is 0 Å². The van der Waals surface area contributed by atoms with Gasteiger partial charge in [-0.2, -0.15) is 0 Å².